The zero-order valence-electron chi connectivity index (χ0n) is 13.0. The van der Waals surface area contributed by atoms with Crippen LogP contribution in [0.1, 0.15) is 22.1 Å². The minimum Gasteiger partial charge on any atom is -0.352 e. The van der Waals surface area contributed by atoms with Gasteiger partial charge in [0.25, 0.3) is 0 Å². The molecule has 0 fully saturated rings. The molecule has 0 aliphatic heterocycles. The van der Waals surface area contributed by atoms with Gasteiger partial charge < -0.3 is 11.1 Å². The Hall–Kier alpha value is -2.55. The maximum absolute atomic E-state index is 12.9. The fourth-order valence-electron chi connectivity index (χ4n) is 2.21. The number of amides is 2. The molecule has 0 aliphatic carbocycles. The maximum Gasteiger partial charge on any atom is 0.416 e. The summed E-state index contributed by atoms with van der Waals surface area (Å²) in [6.07, 6.45) is -4.65. The summed E-state index contributed by atoms with van der Waals surface area (Å²) in [5.41, 5.74) is 4.55. The Morgan fingerprint density at radius 1 is 1.12 bits per heavy atom. The van der Waals surface area contributed by atoms with Crippen LogP contribution in [0.2, 0.25) is 0 Å². The molecule has 0 bridgehead atoms. The second kappa shape index (κ2) is 6.75. The summed E-state index contributed by atoms with van der Waals surface area (Å²) < 4.78 is 64.3. The number of hydrogen-bond acceptors (Lipinski definition) is 3. The van der Waals surface area contributed by atoms with Gasteiger partial charge >= 0.3 is 12.2 Å². The highest BCUT2D eigenvalue weighted by Gasteiger charge is 2.34. The van der Waals surface area contributed by atoms with E-state index in [0.717, 1.165) is 17.7 Å². The maximum atomic E-state index is 12.9. The van der Waals surface area contributed by atoms with E-state index in [-0.39, 0.29) is 10.5 Å². The van der Waals surface area contributed by atoms with Crippen molar-refractivity contribution in [3.05, 3.63) is 65.2 Å². The van der Waals surface area contributed by atoms with Crippen LogP contribution >= 0.6 is 0 Å². The lowest BCUT2D eigenvalue weighted by Gasteiger charge is -2.20. The number of nitrogens with two attached hydrogens (primary N) is 1. The van der Waals surface area contributed by atoms with E-state index < -0.39 is 33.0 Å². The Morgan fingerprint density at radius 3 is 2.24 bits per heavy atom. The average molecular weight is 372 g/mol. The third-order valence-electron chi connectivity index (χ3n) is 3.45. The molecule has 0 spiro atoms. The summed E-state index contributed by atoms with van der Waals surface area (Å²) in [7, 11) is -4.21. The SMILES string of the molecule is Cc1ccc(S(=O)(=O)C(NC(N)=O)c2cccc(C(F)(F)F)c2)cc1. The van der Waals surface area contributed by atoms with Crippen LogP contribution in [-0.4, -0.2) is 14.4 Å². The van der Waals surface area contributed by atoms with Crippen LogP contribution in [-0.2, 0) is 16.0 Å². The minimum absolute atomic E-state index is 0.144. The summed E-state index contributed by atoms with van der Waals surface area (Å²) in [6, 6.07) is 8.27. The third-order valence-corrected chi connectivity index (χ3v) is 5.39. The van der Waals surface area contributed by atoms with Gasteiger partial charge in [0.15, 0.2) is 5.37 Å². The Labute approximate surface area is 142 Å². The number of sulfone groups is 1. The van der Waals surface area contributed by atoms with Crippen LogP contribution in [0.25, 0.3) is 0 Å². The van der Waals surface area contributed by atoms with Gasteiger partial charge in [0, 0.05) is 0 Å². The van der Waals surface area contributed by atoms with Crippen LogP contribution in [0, 0.1) is 6.92 Å². The first-order chi connectivity index (χ1) is 11.5. The Balaban J connectivity index is 2.57. The monoisotopic (exact) mass is 372 g/mol. The predicted octanol–water partition coefficient (Wildman–Crippen LogP) is 3.15. The predicted molar refractivity (Wildman–Crippen MR) is 85.3 cm³/mol. The number of rotatable bonds is 4. The zero-order chi connectivity index (χ0) is 18.8. The van der Waals surface area contributed by atoms with Gasteiger partial charge in [-0.15, -0.1) is 0 Å². The van der Waals surface area contributed by atoms with E-state index in [9.17, 15) is 26.4 Å². The van der Waals surface area contributed by atoms with Gasteiger partial charge in [0.2, 0.25) is 9.84 Å². The van der Waals surface area contributed by atoms with Crippen molar-refractivity contribution in [2.75, 3.05) is 0 Å². The molecule has 0 saturated carbocycles. The first-order valence-electron chi connectivity index (χ1n) is 7.05. The van der Waals surface area contributed by atoms with E-state index in [2.05, 4.69) is 0 Å². The standard InChI is InChI=1S/C16H15F3N2O3S/c1-10-5-7-13(8-6-10)25(23,24)14(21-15(20)22)11-3-2-4-12(9-11)16(17,18)19/h2-9,14H,1H3,(H3,20,21,22). The minimum atomic E-state index is -4.65. The molecule has 2 rings (SSSR count). The summed E-state index contributed by atoms with van der Waals surface area (Å²) in [6.45, 7) is 1.75. The van der Waals surface area contributed by atoms with Gasteiger partial charge in [-0.05, 0) is 36.8 Å². The van der Waals surface area contributed by atoms with Gasteiger partial charge in [0.05, 0.1) is 10.5 Å². The average Bonchev–Trinajstić information content (AvgIpc) is 2.52. The van der Waals surface area contributed by atoms with E-state index in [1.807, 2.05) is 5.32 Å². The molecule has 0 aromatic heterocycles. The number of aryl methyl sites for hydroxylation is 1. The first-order valence-corrected chi connectivity index (χ1v) is 8.60. The van der Waals surface area contributed by atoms with Crippen molar-refractivity contribution in [2.24, 2.45) is 5.73 Å². The van der Waals surface area contributed by atoms with E-state index in [1.165, 1.54) is 18.2 Å². The van der Waals surface area contributed by atoms with Crippen molar-refractivity contribution in [3.63, 3.8) is 0 Å². The first kappa shape index (κ1) is 18.8. The van der Waals surface area contributed by atoms with Crippen molar-refractivity contribution < 1.29 is 26.4 Å². The van der Waals surface area contributed by atoms with Crippen molar-refractivity contribution in [3.8, 4) is 0 Å². The van der Waals surface area contributed by atoms with E-state index in [0.29, 0.717) is 6.07 Å². The van der Waals surface area contributed by atoms with Crippen molar-refractivity contribution in [2.45, 2.75) is 23.4 Å². The van der Waals surface area contributed by atoms with Gasteiger partial charge in [-0.25, -0.2) is 13.2 Å². The molecule has 9 heteroatoms. The third kappa shape index (κ3) is 4.30. The molecule has 2 aromatic carbocycles. The lowest BCUT2D eigenvalue weighted by Crippen LogP contribution is -2.37. The second-order valence-corrected chi connectivity index (χ2v) is 7.40. The van der Waals surface area contributed by atoms with Crippen molar-refractivity contribution in [1.82, 2.24) is 5.32 Å². The molecule has 3 N–H and O–H groups in total. The second-order valence-electron chi connectivity index (χ2n) is 5.37. The quantitative estimate of drug-likeness (QED) is 0.864. The Bertz CT molecular complexity index is 878. The van der Waals surface area contributed by atoms with Gasteiger partial charge in [-0.3, -0.25) is 0 Å². The Morgan fingerprint density at radius 2 is 1.72 bits per heavy atom. The van der Waals surface area contributed by atoms with Crippen LogP contribution < -0.4 is 11.1 Å². The molecule has 1 atom stereocenters. The molecule has 1 unspecified atom stereocenters. The molecule has 5 nitrogen and oxygen atoms in total. The Kier molecular flexibility index (Phi) is 5.07. The van der Waals surface area contributed by atoms with Gasteiger partial charge in [-0.1, -0.05) is 29.8 Å². The topological polar surface area (TPSA) is 89.3 Å². The lowest BCUT2D eigenvalue weighted by molar-refractivity contribution is -0.137. The van der Waals surface area contributed by atoms with E-state index >= 15 is 0 Å². The van der Waals surface area contributed by atoms with Gasteiger partial charge in [0.1, 0.15) is 0 Å². The number of carbonyl (C=O) groups excluding carboxylic acids is 1. The molecular formula is C16H15F3N2O3S. The number of halogens is 3. The van der Waals surface area contributed by atoms with Crippen molar-refractivity contribution in [1.29, 1.82) is 0 Å². The highest BCUT2D eigenvalue weighted by molar-refractivity contribution is 7.91. The normalized spacial score (nSPS) is 13.3. The summed E-state index contributed by atoms with van der Waals surface area (Å²) >= 11 is 0. The molecule has 2 amide bonds. The molecular weight excluding hydrogens is 357 g/mol. The fraction of sp³-hybridized carbons (Fsp3) is 0.188. The molecule has 134 valence electrons. The molecule has 0 heterocycles. The highest BCUT2D eigenvalue weighted by Crippen LogP contribution is 2.33. The summed E-state index contributed by atoms with van der Waals surface area (Å²) in [5.74, 6) is 0. The van der Waals surface area contributed by atoms with E-state index in [1.54, 1.807) is 19.1 Å². The number of benzene rings is 2. The molecule has 25 heavy (non-hydrogen) atoms. The number of alkyl halides is 3. The summed E-state index contributed by atoms with van der Waals surface area (Å²) in [4.78, 5) is 11.1. The molecule has 0 saturated heterocycles. The number of urea groups is 1. The van der Waals surface area contributed by atoms with Crippen LogP contribution in [0.5, 0.6) is 0 Å². The lowest BCUT2D eigenvalue weighted by atomic mass is 10.1. The number of nitrogens with one attached hydrogen (secondary N) is 1. The zero-order valence-corrected chi connectivity index (χ0v) is 13.9. The van der Waals surface area contributed by atoms with Crippen molar-refractivity contribution >= 4 is 15.9 Å². The largest absolute Gasteiger partial charge is 0.416 e. The molecule has 0 aliphatic rings. The van der Waals surface area contributed by atoms with Crippen LogP contribution in [0.15, 0.2) is 53.4 Å². The highest BCUT2D eigenvalue weighted by atomic mass is 32.2. The van der Waals surface area contributed by atoms with Gasteiger partial charge in [-0.2, -0.15) is 13.2 Å². The number of primary amides is 1. The summed E-state index contributed by atoms with van der Waals surface area (Å²) in [5, 5.41) is 0.271. The van der Waals surface area contributed by atoms with Crippen LogP contribution in [0.3, 0.4) is 0 Å². The molecule has 2 aromatic rings. The smallest absolute Gasteiger partial charge is 0.352 e. The fourth-order valence-corrected chi connectivity index (χ4v) is 3.78. The van der Waals surface area contributed by atoms with E-state index in [4.69, 9.17) is 5.73 Å². The number of hydrogen-bond donors (Lipinski definition) is 2. The van der Waals surface area contributed by atoms with Crippen LogP contribution in [0.4, 0.5) is 18.0 Å². The molecule has 0 radical (unpaired) electrons. The number of carbonyl (C=O) groups is 1.